The highest BCUT2D eigenvalue weighted by atomic mass is 35.5. The van der Waals surface area contributed by atoms with Gasteiger partial charge in [-0.05, 0) is 24.1 Å². The summed E-state index contributed by atoms with van der Waals surface area (Å²) in [7, 11) is 3.47. The Balaban J connectivity index is 1.57. The van der Waals surface area contributed by atoms with E-state index in [0.29, 0.717) is 17.5 Å². The second-order valence-electron chi connectivity index (χ2n) is 7.34. The number of aromatic nitrogens is 3. The number of aryl methyl sites for hydroxylation is 1. The van der Waals surface area contributed by atoms with E-state index < -0.39 is 0 Å². The van der Waals surface area contributed by atoms with Gasteiger partial charge in [0.15, 0.2) is 11.8 Å². The van der Waals surface area contributed by atoms with Crippen molar-refractivity contribution in [2.24, 2.45) is 4.99 Å². The Kier molecular flexibility index (Phi) is 6.91. The Morgan fingerprint density at radius 3 is 2.93 bits per heavy atom. The minimum Gasteiger partial charge on any atom is -0.375 e. The van der Waals surface area contributed by atoms with Gasteiger partial charge in [0.25, 0.3) is 0 Å². The largest absolute Gasteiger partial charge is 0.375 e. The predicted molar refractivity (Wildman–Crippen MR) is 112 cm³/mol. The second-order valence-corrected chi connectivity index (χ2v) is 7.77. The molecule has 1 aromatic heterocycles. The number of ether oxygens (including phenoxy) is 1. The van der Waals surface area contributed by atoms with Crippen LogP contribution in [0.1, 0.15) is 49.5 Å². The van der Waals surface area contributed by atoms with Crippen molar-refractivity contribution in [2.45, 2.75) is 51.3 Å². The Morgan fingerprint density at radius 1 is 1.43 bits per heavy atom. The van der Waals surface area contributed by atoms with E-state index in [9.17, 15) is 0 Å². The van der Waals surface area contributed by atoms with Crippen LogP contribution >= 0.6 is 11.6 Å². The molecule has 2 N–H and O–H groups in total. The third-order valence-corrected chi connectivity index (χ3v) is 5.15. The molecule has 1 aromatic carbocycles. The van der Waals surface area contributed by atoms with Gasteiger partial charge in [0, 0.05) is 44.1 Å². The van der Waals surface area contributed by atoms with Crippen molar-refractivity contribution in [3.63, 3.8) is 0 Å². The van der Waals surface area contributed by atoms with Gasteiger partial charge in [0.05, 0.1) is 12.6 Å². The number of guanidine groups is 1. The number of hydrogen-bond acceptors (Lipinski definition) is 4. The average Bonchev–Trinajstić information content (AvgIpc) is 3.11. The van der Waals surface area contributed by atoms with Crippen molar-refractivity contribution in [3.05, 3.63) is 46.5 Å². The van der Waals surface area contributed by atoms with Crippen LogP contribution in [0, 0.1) is 0 Å². The maximum absolute atomic E-state index is 6.10. The molecule has 2 unspecified atom stereocenters. The first-order valence-corrected chi connectivity index (χ1v) is 10.1. The number of rotatable bonds is 6. The lowest BCUT2D eigenvalue weighted by molar-refractivity contribution is 0.106. The molecule has 2 heterocycles. The monoisotopic (exact) mass is 404 g/mol. The topological polar surface area (TPSA) is 76.4 Å². The molecule has 0 spiro atoms. The van der Waals surface area contributed by atoms with E-state index in [1.807, 2.05) is 28.9 Å². The molecule has 0 fully saturated rings. The number of hydrogen-bond donors (Lipinski definition) is 2. The summed E-state index contributed by atoms with van der Waals surface area (Å²) in [5.74, 6) is 3.09. The fraction of sp³-hybridized carbons (Fsp3) is 0.550. The molecule has 0 saturated heterocycles. The van der Waals surface area contributed by atoms with Crippen LogP contribution in [0.5, 0.6) is 0 Å². The summed E-state index contributed by atoms with van der Waals surface area (Å²) in [6.45, 7) is 5.62. The molecule has 7 nitrogen and oxygen atoms in total. The van der Waals surface area contributed by atoms with E-state index in [1.165, 1.54) is 0 Å². The van der Waals surface area contributed by atoms with E-state index in [-0.39, 0.29) is 12.1 Å². The van der Waals surface area contributed by atoms with Crippen molar-refractivity contribution in [1.29, 1.82) is 0 Å². The summed E-state index contributed by atoms with van der Waals surface area (Å²) in [6, 6.07) is 7.98. The third-order valence-electron chi connectivity index (χ3n) is 4.92. The molecule has 0 bridgehead atoms. The van der Waals surface area contributed by atoms with Crippen molar-refractivity contribution in [3.8, 4) is 0 Å². The molecule has 2 aromatic rings. The van der Waals surface area contributed by atoms with Crippen molar-refractivity contribution >= 4 is 17.6 Å². The van der Waals surface area contributed by atoms with Crippen LogP contribution in [-0.2, 0) is 17.7 Å². The fourth-order valence-electron chi connectivity index (χ4n) is 3.31. The maximum atomic E-state index is 6.10. The van der Waals surface area contributed by atoms with Gasteiger partial charge < -0.3 is 15.4 Å². The number of benzene rings is 1. The van der Waals surface area contributed by atoms with Gasteiger partial charge in [-0.3, -0.25) is 4.99 Å². The molecule has 152 valence electrons. The van der Waals surface area contributed by atoms with Crippen LogP contribution in [-0.4, -0.2) is 47.5 Å². The SMILES string of the molecule is CN=C(NCC(OC)c1cccc(Cl)c1)NC1CCc2nc(C(C)C)nn2C1. The lowest BCUT2D eigenvalue weighted by Gasteiger charge is -2.26. The van der Waals surface area contributed by atoms with Gasteiger partial charge >= 0.3 is 0 Å². The predicted octanol–water partition coefficient (Wildman–Crippen LogP) is 2.92. The zero-order chi connectivity index (χ0) is 20.1. The normalized spacial score (nSPS) is 18.1. The number of aliphatic imine (C=N–C) groups is 1. The Bertz CT molecular complexity index is 819. The minimum atomic E-state index is -0.112. The summed E-state index contributed by atoms with van der Waals surface area (Å²) in [4.78, 5) is 9.00. The van der Waals surface area contributed by atoms with Crippen molar-refractivity contribution < 1.29 is 4.74 Å². The van der Waals surface area contributed by atoms with Crippen LogP contribution in [0.4, 0.5) is 0 Å². The molecule has 0 radical (unpaired) electrons. The van der Waals surface area contributed by atoms with E-state index in [1.54, 1.807) is 14.2 Å². The molecular weight excluding hydrogens is 376 g/mol. The lowest BCUT2D eigenvalue weighted by atomic mass is 10.1. The molecule has 0 saturated carbocycles. The zero-order valence-electron chi connectivity index (χ0n) is 16.9. The van der Waals surface area contributed by atoms with Crippen LogP contribution in [0.15, 0.2) is 29.3 Å². The quantitative estimate of drug-likeness (QED) is 0.571. The number of fused-ring (bicyclic) bond motifs is 1. The molecule has 0 amide bonds. The Hall–Kier alpha value is -2.12. The first-order valence-electron chi connectivity index (χ1n) is 9.69. The zero-order valence-corrected chi connectivity index (χ0v) is 17.7. The molecule has 2 atom stereocenters. The number of methoxy groups -OCH3 is 1. The minimum absolute atomic E-state index is 0.112. The Morgan fingerprint density at radius 2 is 2.25 bits per heavy atom. The summed E-state index contributed by atoms with van der Waals surface area (Å²) in [5.41, 5.74) is 1.03. The second kappa shape index (κ2) is 9.39. The molecule has 0 aliphatic carbocycles. The molecule has 3 rings (SSSR count). The van der Waals surface area contributed by atoms with E-state index in [4.69, 9.17) is 16.3 Å². The standard InChI is InChI=1S/C20H29ClN6O/c1-13(2)19-25-18-9-8-16(12-27(18)26-19)24-20(22-3)23-11-17(28-4)14-6-5-7-15(21)10-14/h5-7,10,13,16-17H,8-9,11-12H2,1-4H3,(H2,22,23,24). The summed E-state index contributed by atoms with van der Waals surface area (Å²) in [6.07, 6.45) is 1.80. The highest BCUT2D eigenvalue weighted by Crippen LogP contribution is 2.20. The van der Waals surface area contributed by atoms with Gasteiger partial charge in [-0.25, -0.2) is 9.67 Å². The number of nitrogens with zero attached hydrogens (tertiary/aromatic N) is 4. The number of halogens is 1. The lowest BCUT2D eigenvalue weighted by Crippen LogP contribution is -2.48. The van der Waals surface area contributed by atoms with Crippen LogP contribution < -0.4 is 10.6 Å². The molecule has 28 heavy (non-hydrogen) atoms. The summed E-state index contributed by atoms with van der Waals surface area (Å²) in [5, 5.41) is 12.2. The van der Waals surface area contributed by atoms with E-state index in [0.717, 1.165) is 42.6 Å². The van der Waals surface area contributed by atoms with E-state index in [2.05, 4.69) is 39.6 Å². The summed E-state index contributed by atoms with van der Waals surface area (Å²) >= 11 is 6.10. The highest BCUT2D eigenvalue weighted by molar-refractivity contribution is 6.30. The fourth-order valence-corrected chi connectivity index (χ4v) is 3.51. The first kappa shape index (κ1) is 20.6. The smallest absolute Gasteiger partial charge is 0.191 e. The first-order chi connectivity index (χ1) is 13.5. The summed E-state index contributed by atoms with van der Waals surface area (Å²) < 4.78 is 7.64. The van der Waals surface area contributed by atoms with Gasteiger partial charge in [-0.2, -0.15) is 5.10 Å². The third kappa shape index (κ3) is 5.02. The maximum Gasteiger partial charge on any atom is 0.191 e. The molecular formula is C20H29ClN6O. The van der Waals surface area contributed by atoms with Crippen LogP contribution in [0.25, 0.3) is 0 Å². The van der Waals surface area contributed by atoms with Crippen molar-refractivity contribution in [2.75, 3.05) is 20.7 Å². The molecule has 8 heteroatoms. The van der Waals surface area contributed by atoms with Gasteiger partial charge in [0.1, 0.15) is 5.82 Å². The van der Waals surface area contributed by atoms with Crippen molar-refractivity contribution in [1.82, 2.24) is 25.4 Å². The highest BCUT2D eigenvalue weighted by Gasteiger charge is 2.23. The average molecular weight is 405 g/mol. The van der Waals surface area contributed by atoms with Gasteiger partial charge in [0.2, 0.25) is 0 Å². The van der Waals surface area contributed by atoms with E-state index >= 15 is 0 Å². The number of nitrogens with one attached hydrogen (secondary N) is 2. The van der Waals surface area contributed by atoms with Gasteiger partial charge in [-0.15, -0.1) is 0 Å². The van der Waals surface area contributed by atoms with Crippen LogP contribution in [0.2, 0.25) is 5.02 Å². The molecule has 1 aliphatic rings. The van der Waals surface area contributed by atoms with Crippen LogP contribution in [0.3, 0.4) is 0 Å². The van der Waals surface area contributed by atoms with Gasteiger partial charge in [-0.1, -0.05) is 37.6 Å². The molecule has 1 aliphatic heterocycles. The Labute approximate surface area is 171 Å².